The first-order valence-corrected chi connectivity index (χ1v) is 11.5. The fraction of sp³-hybridized carbons (Fsp3) is 0.273. The molecule has 1 N–H and O–H groups in total. The van der Waals surface area contributed by atoms with E-state index in [-0.39, 0.29) is 17.6 Å². The van der Waals surface area contributed by atoms with E-state index >= 15 is 0 Å². The van der Waals surface area contributed by atoms with Crippen molar-refractivity contribution in [1.82, 2.24) is 14.8 Å². The van der Waals surface area contributed by atoms with Gasteiger partial charge in [-0.1, -0.05) is 62.0 Å². The smallest absolute Gasteiger partial charge is 0.341 e. The van der Waals surface area contributed by atoms with E-state index in [1.807, 2.05) is 54.1 Å². The summed E-state index contributed by atoms with van der Waals surface area (Å²) >= 11 is 2.59. The summed E-state index contributed by atoms with van der Waals surface area (Å²) in [5.74, 6) is 0.459. The van der Waals surface area contributed by atoms with E-state index in [0.717, 1.165) is 17.0 Å². The number of esters is 1. The predicted molar refractivity (Wildman–Crippen MR) is 125 cm³/mol. The van der Waals surface area contributed by atoms with Crippen molar-refractivity contribution in [3.05, 3.63) is 59.8 Å². The molecule has 9 heteroatoms. The van der Waals surface area contributed by atoms with Gasteiger partial charge in [0.2, 0.25) is 5.91 Å². The number of anilines is 1. The van der Waals surface area contributed by atoms with Crippen LogP contribution in [-0.2, 0) is 16.1 Å². The number of thiophene rings is 1. The van der Waals surface area contributed by atoms with Crippen LogP contribution in [0.5, 0.6) is 0 Å². The lowest BCUT2D eigenvalue weighted by atomic mass is 10.0. The maximum atomic E-state index is 12.6. The Morgan fingerprint density at radius 2 is 2.03 bits per heavy atom. The van der Waals surface area contributed by atoms with Crippen molar-refractivity contribution in [3.63, 3.8) is 0 Å². The summed E-state index contributed by atoms with van der Waals surface area (Å²) < 4.78 is 6.91. The number of amides is 1. The molecule has 0 spiro atoms. The van der Waals surface area contributed by atoms with Crippen molar-refractivity contribution < 1.29 is 14.3 Å². The molecule has 0 aliphatic heterocycles. The van der Waals surface area contributed by atoms with Gasteiger partial charge in [0.05, 0.1) is 12.9 Å². The Morgan fingerprint density at radius 1 is 1.29 bits per heavy atom. The van der Waals surface area contributed by atoms with Gasteiger partial charge < -0.3 is 14.6 Å². The zero-order chi connectivity index (χ0) is 22.4. The molecule has 0 bridgehead atoms. The van der Waals surface area contributed by atoms with Crippen molar-refractivity contribution in [1.29, 1.82) is 0 Å². The first-order chi connectivity index (χ1) is 15.0. The number of carbonyl (C=O) groups is 2. The number of allylic oxidation sites excluding steroid dienone is 1. The molecular weight excluding hydrogens is 432 g/mol. The topological polar surface area (TPSA) is 86.1 Å². The number of hydrogen-bond donors (Lipinski definition) is 1. The zero-order valence-electron chi connectivity index (χ0n) is 17.6. The summed E-state index contributed by atoms with van der Waals surface area (Å²) in [6.45, 7) is 8.44. The number of ether oxygens (including phenoxy) is 1. The molecule has 1 aromatic carbocycles. The van der Waals surface area contributed by atoms with Crippen molar-refractivity contribution in [2.24, 2.45) is 0 Å². The molecule has 0 fully saturated rings. The van der Waals surface area contributed by atoms with Crippen LogP contribution in [0.4, 0.5) is 5.00 Å². The van der Waals surface area contributed by atoms with Crippen molar-refractivity contribution in [2.75, 3.05) is 18.2 Å². The second-order valence-corrected chi connectivity index (χ2v) is 8.76. The monoisotopic (exact) mass is 456 g/mol. The summed E-state index contributed by atoms with van der Waals surface area (Å²) in [5.41, 5.74) is 1.97. The first-order valence-electron chi connectivity index (χ1n) is 9.68. The van der Waals surface area contributed by atoms with E-state index in [4.69, 9.17) is 4.74 Å². The van der Waals surface area contributed by atoms with Crippen LogP contribution in [0.2, 0.25) is 0 Å². The molecule has 0 saturated carbocycles. The summed E-state index contributed by atoms with van der Waals surface area (Å²) in [6.07, 6.45) is 1.78. The van der Waals surface area contributed by atoms with Crippen LogP contribution in [0.1, 0.15) is 35.9 Å². The van der Waals surface area contributed by atoms with E-state index in [2.05, 4.69) is 22.1 Å². The standard InChI is InChI=1S/C22H24N4O3S2/c1-5-11-26-19(14(2)3)24-25-22(26)31-13-17(27)23-20-18(21(28)29-4)16(12-30-20)15-9-7-6-8-10-15/h5-10,12,14H,1,11,13H2,2-4H3,(H,23,27). The van der Waals surface area contributed by atoms with Crippen LogP contribution in [-0.4, -0.2) is 39.5 Å². The van der Waals surface area contributed by atoms with Crippen molar-refractivity contribution in [3.8, 4) is 11.1 Å². The average Bonchev–Trinajstić information content (AvgIpc) is 3.37. The molecular formula is C22H24N4O3S2. The Kier molecular flexibility index (Phi) is 7.64. The normalized spacial score (nSPS) is 10.8. The summed E-state index contributed by atoms with van der Waals surface area (Å²) in [6, 6.07) is 9.52. The van der Waals surface area contributed by atoms with Crippen molar-refractivity contribution in [2.45, 2.75) is 31.5 Å². The number of rotatable bonds is 9. The molecule has 0 aliphatic rings. The lowest BCUT2D eigenvalue weighted by molar-refractivity contribution is -0.113. The molecule has 1 amide bonds. The molecule has 2 aromatic heterocycles. The highest BCUT2D eigenvalue weighted by Crippen LogP contribution is 2.36. The number of hydrogen-bond acceptors (Lipinski definition) is 7. The Hall–Kier alpha value is -2.91. The molecule has 0 aliphatic carbocycles. The van der Waals surface area contributed by atoms with Gasteiger partial charge in [0.25, 0.3) is 0 Å². The predicted octanol–water partition coefficient (Wildman–Crippen LogP) is 4.83. The summed E-state index contributed by atoms with van der Waals surface area (Å²) in [4.78, 5) is 25.1. The van der Waals surface area contributed by atoms with Crippen LogP contribution in [0.25, 0.3) is 11.1 Å². The maximum absolute atomic E-state index is 12.6. The van der Waals surface area contributed by atoms with E-state index in [0.29, 0.717) is 22.3 Å². The lowest BCUT2D eigenvalue weighted by Crippen LogP contribution is -2.16. The van der Waals surface area contributed by atoms with Crippen LogP contribution in [0.15, 0.2) is 53.5 Å². The molecule has 0 unspecified atom stereocenters. The van der Waals surface area contributed by atoms with E-state index in [9.17, 15) is 9.59 Å². The third kappa shape index (κ3) is 5.23. The highest BCUT2D eigenvalue weighted by molar-refractivity contribution is 7.99. The highest BCUT2D eigenvalue weighted by Gasteiger charge is 2.23. The number of nitrogens with one attached hydrogen (secondary N) is 1. The van der Waals surface area contributed by atoms with E-state index in [1.165, 1.54) is 30.2 Å². The average molecular weight is 457 g/mol. The maximum Gasteiger partial charge on any atom is 0.341 e. The largest absolute Gasteiger partial charge is 0.465 e. The van der Waals surface area contributed by atoms with Gasteiger partial charge in [0.15, 0.2) is 5.16 Å². The van der Waals surface area contributed by atoms with Gasteiger partial charge in [-0.05, 0) is 5.56 Å². The molecule has 3 rings (SSSR count). The van der Waals surface area contributed by atoms with Crippen LogP contribution in [0.3, 0.4) is 0 Å². The van der Waals surface area contributed by atoms with Gasteiger partial charge in [-0.2, -0.15) is 0 Å². The molecule has 3 aromatic rings. The number of nitrogens with zero attached hydrogens (tertiary/aromatic N) is 3. The number of benzene rings is 1. The molecule has 2 heterocycles. The Morgan fingerprint density at radius 3 is 2.68 bits per heavy atom. The van der Waals surface area contributed by atoms with E-state index < -0.39 is 5.97 Å². The van der Waals surface area contributed by atoms with Gasteiger partial charge in [-0.25, -0.2) is 4.79 Å². The van der Waals surface area contributed by atoms with Crippen LogP contribution < -0.4 is 5.32 Å². The third-order valence-electron chi connectivity index (χ3n) is 4.42. The van der Waals surface area contributed by atoms with Gasteiger partial charge >= 0.3 is 5.97 Å². The van der Waals surface area contributed by atoms with E-state index in [1.54, 1.807) is 6.08 Å². The third-order valence-corrected chi connectivity index (χ3v) is 6.29. The minimum Gasteiger partial charge on any atom is -0.465 e. The number of carbonyl (C=O) groups excluding carboxylic acids is 2. The molecule has 162 valence electrons. The Labute approximate surface area is 189 Å². The first kappa shape index (κ1) is 22.8. The SMILES string of the molecule is C=CCn1c(SCC(=O)Nc2scc(-c3ccccc3)c2C(=O)OC)nnc1C(C)C. The van der Waals surface area contributed by atoms with Gasteiger partial charge in [-0.15, -0.1) is 28.1 Å². The Balaban J connectivity index is 1.76. The van der Waals surface area contributed by atoms with Gasteiger partial charge in [-0.3, -0.25) is 4.79 Å². The van der Waals surface area contributed by atoms with Crippen LogP contribution >= 0.6 is 23.1 Å². The summed E-state index contributed by atoms with van der Waals surface area (Å²) in [7, 11) is 1.33. The van der Waals surface area contributed by atoms with Gasteiger partial charge in [0.1, 0.15) is 16.4 Å². The second-order valence-electron chi connectivity index (χ2n) is 6.94. The lowest BCUT2D eigenvalue weighted by Gasteiger charge is -2.10. The number of thioether (sulfide) groups is 1. The molecule has 0 saturated heterocycles. The quantitative estimate of drug-likeness (QED) is 0.282. The number of methoxy groups -OCH3 is 1. The minimum atomic E-state index is -0.490. The minimum absolute atomic E-state index is 0.132. The van der Waals surface area contributed by atoms with Gasteiger partial charge in [0, 0.05) is 23.4 Å². The Bertz CT molecular complexity index is 1070. The fourth-order valence-electron chi connectivity index (χ4n) is 3.01. The number of aromatic nitrogens is 3. The summed E-state index contributed by atoms with van der Waals surface area (Å²) in [5, 5.41) is 14.3. The molecule has 0 atom stereocenters. The zero-order valence-corrected chi connectivity index (χ0v) is 19.3. The fourth-order valence-corrected chi connectivity index (χ4v) is 4.74. The van der Waals surface area contributed by atoms with Crippen molar-refractivity contribution >= 4 is 40.0 Å². The molecule has 0 radical (unpaired) electrons. The molecule has 31 heavy (non-hydrogen) atoms. The molecule has 7 nitrogen and oxygen atoms in total. The van der Waals surface area contributed by atoms with Crippen LogP contribution in [0, 0.1) is 0 Å². The second kappa shape index (κ2) is 10.4. The highest BCUT2D eigenvalue weighted by atomic mass is 32.2.